The number of hydrogen-bond acceptors (Lipinski definition) is 4. The van der Waals surface area contributed by atoms with Crippen LogP contribution in [0.3, 0.4) is 0 Å². The highest BCUT2D eigenvalue weighted by molar-refractivity contribution is 7.92. The summed E-state index contributed by atoms with van der Waals surface area (Å²) in [7, 11) is -4.07. The molecule has 168 valence electrons. The lowest BCUT2D eigenvalue weighted by molar-refractivity contribution is -0.114. The molecule has 0 aliphatic heterocycles. The van der Waals surface area contributed by atoms with Crippen molar-refractivity contribution in [3.05, 3.63) is 82.3 Å². The number of amides is 1. The lowest BCUT2D eigenvalue weighted by Crippen LogP contribution is -2.38. The number of nitrogens with zero attached hydrogens (tertiary/aromatic N) is 1. The van der Waals surface area contributed by atoms with Crippen LogP contribution < -0.4 is 14.4 Å². The molecule has 0 heterocycles. The molecular formula is C23H22Cl2N2O4S. The first-order valence-corrected chi connectivity index (χ1v) is 12.0. The second kappa shape index (κ2) is 10.3. The van der Waals surface area contributed by atoms with Crippen molar-refractivity contribution in [3.63, 3.8) is 0 Å². The molecule has 3 aromatic carbocycles. The van der Waals surface area contributed by atoms with Crippen LogP contribution in [0.5, 0.6) is 5.75 Å². The predicted molar refractivity (Wildman–Crippen MR) is 128 cm³/mol. The summed E-state index contributed by atoms with van der Waals surface area (Å²) < 4.78 is 33.4. The first kappa shape index (κ1) is 23.9. The van der Waals surface area contributed by atoms with Gasteiger partial charge in [-0.15, -0.1) is 0 Å². The summed E-state index contributed by atoms with van der Waals surface area (Å²) >= 11 is 12.1. The number of hydrogen-bond donors (Lipinski definition) is 1. The molecule has 0 spiro atoms. The fourth-order valence-corrected chi connectivity index (χ4v) is 4.67. The molecule has 0 saturated heterocycles. The van der Waals surface area contributed by atoms with Gasteiger partial charge in [-0.2, -0.15) is 0 Å². The zero-order valence-electron chi connectivity index (χ0n) is 17.5. The maximum absolute atomic E-state index is 13.4. The molecule has 3 rings (SSSR count). The SMILES string of the molecule is CCOc1ccccc1NC(=O)CN(c1ccc(Cl)c(Cl)c1)S(=O)(=O)c1ccc(C)cc1. The maximum atomic E-state index is 13.4. The van der Waals surface area contributed by atoms with Crippen LogP contribution in [0.4, 0.5) is 11.4 Å². The van der Waals surface area contributed by atoms with Crippen LogP contribution >= 0.6 is 23.2 Å². The topological polar surface area (TPSA) is 75.7 Å². The molecule has 0 atom stereocenters. The molecule has 3 aromatic rings. The van der Waals surface area contributed by atoms with E-state index in [9.17, 15) is 13.2 Å². The number of sulfonamides is 1. The molecule has 1 amide bonds. The summed E-state index contributed by atoms with van der Waals surface area (Å²) in [5.74, 6) is -0.0512. The monoisotopic (exact) mass is 492 g/mol. The van der Waals surface area contributed by atoms with Gasteiger partial charge in [-0.25, -0.2) is 8.42 Å². The standard InChI is InChI=1S/C23H22Cl2N2O4S/c1-3-31-22-7-5-4-6-21(22)26-23(28)15-27(17-10-13-19(24)20(25)14-17)32(29,30)18-11-8-16(2)9-12-18/h4-14H,3,15H2,1-2H3,(H,26,28). The lowest BCUT2D eigenvalue weighted by Gasteiger charge is -2.24. The van der Waals surface area contributed by atoms with E-state index in [1.165, 1.54) is 30.3 Å². The van der Waals surface area contributed by atoms with Crippen LogP contribution in [-0.4, -0.2) is 27.5 Å². The maximum Gasteiger partial charge on any atom is 0.264 e. The van der Waals surface area contributed by atoms with Crippen LogP contribution in [0.2, 0.25) is 10.0 Å². The van der Waals surface area contributed by atoms with Crippen molar-refractivity contribution in [1.82, 2.24) is 0 Å². The van der Waals surface area contributed by atoms with E-state index in [4.69, 9.17) is 27.9 Å². The second-order valence-electron chi connectivity index (χ2n) is 6.90. The van der Waals surface area contributed by atoms with Gasteiger partial charge in [0.2, 0.25) is 5.91 Å². The number of carbonyl (C=O) groups is 1. The number of rotatable bonds is 8. The van der Waals surface area contributed by atoms with E-state index in [1.54, 1.807) is 36.4 Å². The van der Waals surface area contributed by atoms with Crippen molar-refractivity contribution in [3.8, 4) is 5.75 Å². The van der Waals surface area contributed by atoms with Crippen LogP contribution in [0.1, 0.15) is 12.5 Å². The summed E-state index contributed by atoms with van der Waals surface area (Å²) in [6.45, 7) is 3.63. The normalized spacial score (nSPS) is 11.1. The van der Waals surface area contributed by atoms with Crippen molar-refractivity contribution in [2.45, 2.75) is 18.7 Å². The molecule has 6 nitrogen and oxygen atoms in total. The highest BCUT2D eigenvalue weighted by Gasteiger charge is 2.28. The van der Waals surface area contributed by atoms with Crippen molar-refractivity contribution in [2.75, 3.05) is 22.8 Å². The fourth-order valence-electron chi connectivity index (χ4n) is 2.96. The number of nitrogens with one attached hydrogen (secondary N) is 1. The third-order valence-electron chi connectivity index (χ3n) is 4.55. The highest BCUT2D eigenvalue weighted by atomic mass is 35.5. The van der Waals surface area contributed by atoms with Crippen molar-refractivity contribution in [1.29, 1.82) is 0 Å². The molecule has 0 unspecified atom stereocenters. The Bertz CT molecular complexity index is 1210. The Morgan fingerprint density at radius 2 is 1.69 bits per heavy atom. The third kappa shape index (κ3) is 5.54. The number of ether oxygens (including phenoxy) is 1. The van der Waals surface area contributed by atoms with Gasteiger partial charge in [0.1, 0.15) is 12.3 Å². The van der Waals surface area contributed by atoms with E-state index >= 15 is 0 Å². The van der Waals surface area contributed by atoms with Crippen LogP contribution in [0, 0.1) is 6.92 Å². The van der Waals surface area contributed by atoms with E-state index < -0.39 is 22.5 Å². The van der Waals surface area contributed by atoms with E-state index in [1.807, 2.05) is 13.8 Å². The largest absolute Gasteiger partial charge is 0.492 e. The Morgan fingerprint density at radius 3 is 2.34 bits per heavy atom. The summed E-state index contributed by atoms with van der Waals surface area (Å²) in [5.41, 5.74) is 1.57. The average Bonchev–Trinajstić information content (AvgIpc) is 2.76. The summed E-state index contributed by atoms with van der Waals surface area (Å²) in [5, 5.41) is 3.18. The number of benzene rings is 3. The first-order valence-electron chi connectivity index (χ1n) is 9.78. The Morgan fingerprint density at radius 1 is 1.00 bits per heavy atom. The number of carbonyl (C=O) groups excluding carboxylic acids is 1. The lowest BCUT2D eigenvalue weighted by atomic mass is 10.2. The van der Waals surface area contributed by atoms with Crippen molar-refractivity contribution >= 4 is 50.5 Å². The molecule has 0 bridgehead atoms. The number of para-hydroxylation sites is 2. The predicted octanol–water partition coefficient (Wildman–Crippen LogP) is 5.53. The molecule has 9 heteroatoms. The number of anilines is 2. The molecule has 0 aromatic heterocycles. The van der Waals surface area contributed by atoms with E-state index in [0.717, 1.165) is 9.87 Å². The molecule has 0 fully saturated rings. The first-order chi connectivity index (χ1) is 15.2. The van der Waals surface area contributed by atoms with Crippen LogP contribution in [0.25, 0.3) is 0 Å². The average molecular weight is 493 g/mol. The molecule has 0 saturated carbocycles. The zero-order valence-corrected chi connectivity index (χ0v) is 19.8. The highest BCUT2D eigenvalue weighted by Crippen LogP contribution is 2.31. The minimum absolute atomic E-state index is 0.0525. The fraction of sp³-hybridized carbons (Fsp3) is 0.174. The Labute approximate surface area is 197 Å². The Balaban J connectivity index is 1.97. The molecule has 1 N–H and O–H groups in total. The molecule has 32 heavy (non-hydrogen) atoms. The molecule has 0 radical (unpaired) electrons. The number of halogens is 2. The van der Waals surface area contributed by atoms with Gasteiger partial charge in [0, 0.05) is 0 Å². The minimum atomic E-state index is -4.07. The van der Waals surface area contributed by atoms with Crippen molar-refractivity contribution in [2.24, 2.45) is 0 Å². The van der Waals surface area contributed by atoms with E-state index in [2.05, 4.69) is 5.32 Å². The van der Waals surface area contributed by atoms with Gasteiger partial charge in [-0.05, 0) is 56.3 Å². The minimum Gasteiger partial charge on any atom is -0.492 e. The molecular weight excluding hydrogens is 471 g/mol. The Hall–Kier alpha value is -2.74. The summed E-state index contributed by atoms with van der Waals surface area (Å²) in [4.78, 5) is 13.0. The smallest absolute Gasteiger partial charge is 0.264 e. The molecule has 0 aliphatic rings. The van der Waals surface area contributed by atoms with Gasteiger partial charge in [0.15, 0.2) is 0 Å². The quantitative estimate of drug-likeness (QED) is 0.448. The number of aryl methyl sites for hydroxylation is 1. The molecule has 0 aliphatic carbocycles. The van der Waals surface area contributed by atoms with E-state index in [-0.39, 0.29) is 20.6 Å². The van der Waals surface area contributed by atoms with Gasteiger partial charge in [0.25, 0.3) is 10.0 Å². The third-order valence-corrected chi connectivity index (χ3v) is 7.08. The van der Waals surface area contributed by atoms with Gasteiger partial charge in [-0.3, -0.25) is 9.10 Å². The van der Waals surface area contributed by atoms with Gasteiger partial charge < -0.3 is 10.1 Å². The zero-order chi connectivity index (χ0) is 23.3. The second-order valence-corrected chi connectivity index (χ2v) is 9.58. The van der Waals surface area contributed by atoms with Crippen LogP contribution in [-0.2, 0) is 14.8 Å². The van der Waals surface area contributed by atoms with E-state index in [0.29, 0.717) is 18.0 Å². The van der Waals surface area contributed by atoms with Gasteiger partial charge in [-0.1, -0.05) is 53.0 Å². The summed E-state index contributed by atoms with van der Waals surface area (Å²) in [6.07, 6.45) is 0. The Kier molecular flexibility index (Phi) is 7.66. The van der Waals surface area contributed by atoms with Crippen molar-refractivity contribution < 1.29 is 17.9 Å². The van der Waals surface area contributed by atoms with Gasteiger partial charge in [0.05, 0.1) is 32.9 Å². The van der Waals surface area contributed by atoms with Crippen LogP contribution in [0.15, 0.2) is 71.6 Å². The van der Waals surface area contributed by atoms with Gasteiger partial charge >= 0.3 is 0 Å². The summed E-state index contributed by atoms with van der Waals surface area (Å²) in [6, 6.07) is 17.7.